The molecule has 468 valence electrons. The quantitative estimate of drug-likeness (QED) is 0.0204. The summed E-state index contributed by atoms with van der Waals surface area (Å²) in [5, 5.41) is 87.2. The highest BCUT2D eigenvalue weighted by Crippen LogP contribution is 2.30. The predicted molar refractivity (Wildman–Crippen MR) is 323 cm³/mol. The van der Waals surface area contributed by atoms with Gasteiger partial charge in [-0.25, -0.2) is 0 Å². The number of unbranched alkanes of at least 4 members (excludes halogenated alkanes) is 34. The number of aliphatic hydroxyl groups is 8. The van der Waals surface area contributed by atoms with E-state index in [4.69, 9.17) is 18.9 Å². The molecule has 12 unspecified atom stereocenters. The summed E-state index contributed by atoms with van der Waals surface area (Å²) in [7, 11) is 0. The fourth-order valence-electron chi connectivity index (χ4n) is 10.7. The van der Waals surface area contributed by atoms with Crippen molar-refractivity contribution in [1.29, 1.82) is 0 Å². The van der Waals surface area contributed by atoms with E-state index in [0.29, 0.717) is 12.8 Å². The minimum absolute atomic E-state index is 0.250. The average Bonchev–Trinajstić information content (AvgIpc) is 3.49. The lowest BCUT2D eigenvalue weighted by Gasteiger charge is -2.46. The van der Waals surface area contributed by atoms with Gasteiger partial charge in [-0.15, -0.1) is 0 Å². The zero-order valence-electron chi connectivity index (χ0n) is 50.6. The summed E-state index contributed by atoms with van der Waals surface area (Å²) in [4.78, 5) is 13.3. The van der Waals surface area contributed by atoms with E-state index in [1.165, 1.54) is 193 Å². The topological polar surface area (TPSA) is 228 Å². The number of amides is 1. The van der Waals surface area contributed by atoms with Gasteiger partial charge in [0.1, 0.15) is 48.8 Å². The van der Waals surface area contributed by atoms with Gasteiger partial charge in [-0.1, -0.05) is 242 Å². The zero-order valence-corrected chi connectivity index (χ0v) is 50.6. The molecule has 14 heteroatoms. The summed E-state index contributed by atoms with van der Waals surface area (Å²) in [6, 6.07) is -0.938. The van der Waals surface area contributed by atoms with E-state index in [9.17, 15) is 45.6 Å². The van der Waals surface area contributed by atoms with Crippen molar-refractivity contribution >= 4 is 5.91 Å². The molecule has 0 radical (unpaired) electrons. The van der Waals surface area contributed by atoms with Gasteiger partial charge in [0.25, 0.3) is 0 Å². The molecule has 0 aromatic carbocycles. The number of allylic oxidation sites excluding steroid dienone is 7. The molecule has 2 heterocycles. The Labute approximate surface area is 486 Å². The maximum atomic E-state index is 13.3. The van der Waals surface area contributed by atoms with Crippen LogP contribution in [0.4, 0.5) is 0 Å². The lowest BCUT2D eigenvalue weighted by molar-refractivity contribution is -0.359. The van der Waals surface area contributed by atoms with E-state index in [0.717, 1.165) is 44.9 Å². The van der Waals surface area contributed by atoms with Crippen molar-refractivity contribution in [2.45, 2.75) is 344 Å². The summed E-state index contributed by atoms with van der Waals surface area (Å²) in [5.41, 5.74) is 0. The molecule has 14 nitrogen and oxygen atoms in total. The molecule has 80 heavy (non-hydrogen) atoms. The third kappa shape index (κ3) is 35.9. The van der Waals surface area contributed by atoms with Gasteiger partial charge in [0, 0.05) is 6.42 Å². The Hall–Kier alpha value is -2.05. The molecular formula is C66H121NO13. The van der Waals surface area contributed by atoms with E-state index in [2.05, 4.69) is 55.6 Å². The molecule has 2 fully saturated rings. The predicted octanol–water partition coefficient (Wildman–Crippen LogP) is 12.3. The van der Waals surface area contributed by atoms with Crippen LogP contribution in [-0.4, -0.2) is 140 Å². The Bertz CT molecular complexity index is 1530. The molecular weight excluding hydrogens is 1010 g/mol. The largest absolute Gasteiger partial charge is 0.394 e. The highest BCUT2D eigenvalue weighted by Gasteiger charge is 2.51. The standard InChI is InChI=1S/C66H121NO13/c1-3-5-7-9-11-13-15-17-19-21-22-23-24-25-26-27-28-29-30-31-32-34-36-38-40-42-44-46-48-50-58(71)67-54(55(70)49-47-45-43-41-39-37-35-33-20-18-16-14-12-10-8-6-4-2)53-77-65-63(76)61(74)64(57(52-69)79-65)80-66-62(75)60(73)59(72)56(51-68)78-66/h20-22,33,39,41,47,49,54-57,59-66,68-70,72-76H,3-19,23-32,34-38,40,42-46,48,50-53H2,1-2H3,(H,67,71)/b22-21-,33-20+,41-39+,49-47+. The minimum Gasteiger partial charge on any atom is -0.394 e. The molecule has 2 rings (SSSR count). The van der Waals surface area contributed by atoms with E-state index in [-0.39, 0.29) is 18.9 Å². The Morgan fingerprint density at radius 1 is 0.438 bits per heavy atom. The maximum absolute atomic E-state index is 13.3. The number of hydrogen-bond donors (Lipinski definition) is 9. The second kappa shape index (κ2) is 51.4. The summed E-state index contributed by atoms with van der Waals surface area (Å²) in [6.07, 6.45) is 48.8. The van der Waals surface area contributed by atoms with Crippen LogP contribution in [0.1, 0.15) is 271 Å². The molecule has 0 aromatic heterocycles. The Morgan fingerprint density at radius 2 is 0.800 bits per heavy atom. The van der Waals surface area contributed by atoms with Crippen LogP contribution in [0.2, 0.25) is 0 Å². The third-order valence-corrected chi connectivity index (χ3v) is 16.0. The second-order valence-corrected chi connectivity index (χ2v) is 23.2. The number of nitrogens with one attached hydrogen (secondary N) is 1. The highest BCUT2D eigenvalue weighted by atomic mass is 16.7. The van der Waals surface area contributed by atoms with Crippen LogP contribution < -0.4 is 5.32 Å². The first-order chi connectivity index (χ1) is 39.1. The molecule has 0 aliphatic carbocycles. The van der Waals surface area contributed by atoms with Crippen LogP contribution in [0, 0.1) is 0 Å². The number of carbonyl (C=O) groups is 1. The van der Waals surface area contributed by atoms with Crippen molar-refractivity contribution in [3.8, 4) is 0 Å². The van der Waals surface area contributed by atoms with E-state index in [1.54, 1.807) is 6.08 Å². The average molecular weight is 1140 g/mol. The van der Waals surface area contributed by atoms with Gasteiger partial charge < -0.3 is 65.1 Å². The maximum Gasteiger partial charge on any atom is 0.220 e. The highest BCUT2D eigenvalue weighted by molar-refractivity contribution is 5.76. The lowest BCUT2D eigenvalue weighted by atomic mass is 9.97. The summed E-state index contributed by atoms with van der Waals surface area (Å²) >= 11 is 0. The number of hydrogen-bond acceptors (Lipinski definition) is 13. The molecule has 9 N–H and O–H groups in total. The Kier molecular flexibility index (Phi) is 47.6. The van der Waals surface area contributed by atoms with Crippen molar-refractivity contribution in [3.05, 3.63) is 48.6 Å². The molecule has 0 aromatic rings. The van der Waals surface area contributed by atoms with Gasteiger partial charge in [0.2, 0.25) is 5.91 Å². The van der Waals surface area contributed by atoms with Gasteiger partial charge in [-0.3, -0.25) is 4.79 Å². The van der Waals surface area contributed by atoms with E-state index in [1.807, 2.05) is 6.08 Å². The monoisotopic (exact) mass is 1140 g/mol. The number of rotatable bonds is 53. The van der Waals surface area contributed by atoms with Crippen LogP contribution in [0.3, 0.4) is 0 Å². The van der Waals surface area contributed by atoms with Crippen molar-refractivity contribution in [2.24, 2.45) is 0 Å². The normalized spacial score (nSPS) is 24.5. The third-order valence-electron chi connectivity index (χ3n) is 16.0. The van der Waals surface area contributed by atoms with Gasteiger partial charge in [-0.05, 0) is 70.6 Å². The SMILES string of the molecule is CCCCCCCCC/C=C/CC/C=C/CC/C=C/C(O)C(COC1OC(CO)C(OC2OC(CO)C(O)C(O)C2O)C(O)C1O)NC(=O)CCCCCCCCCCCCCCCCCCC/C=C\CCCCCCCCCC. The van der Waals surface area contributed by atoms with Crippen molar-refractivity contribution in [2.75, 3.05) is 19.8 Å². The molecule has 0 bridgehead atoms. The van der Waals surface area contributed by atoms with Crippen LogP contribution >= 0.6 is 0 Å². The van der Waals surface area contributed by atoms with Crippen molar-refractivity contribution in [1.82, 2.24) is 5.32 Å². The molecule has 2 aliphatic heterocycles. The molecule has 0 spiro atoms. The molecule has 2 saturated heterocycles. The Balaban J connectivity index is 1.69. The van der Waals surface area contributed by atoms with Crippen molar-refractivity contribution in [3.63, 3.8) is 0 Å². The van der Waals surface area contributed by atoms with Crippen LogP contribution in [0.5, 0.6) is 0 Å². The van der Waals surface area contributed by atoms with Crippen LogP contribution in [-0.2, 0) is 23.7 Å². The molecule has 2 aliphatic rings. The number of aliphatic hydroxyl groups excluding tert-OH is 8. The first-order valence-electron chi connectivity index (χ1n) is 32.9. The van der Waals surface area contributed by atoms with Crippen LogP contribution in [0.15, 0.2) is 48.6 Å². The first-order valence-corrected chi connectivity index (χ1v) is 32.9. The molecule has 0 saturated carbocycles. The summed E-state index contributed by atoms with van der Waals surface area (Å²) < 4.78 is 22.8. The van der Waals surface area contributed by atoms with Gasteiger partial charge in [0.15, 0.2) is 12.6 Å². The number of ether oxygens (including phenoxy) is 4. The lowest BCUT2D eigenvalue weighted by Crippen LogP contribution is -2.65. The smallest absolute Gasteiger partial charge is 0.220 e. The second-order valence-electron chi connectivity index (χ2n) is 23.2. The molecule has 12 atom stereocenters. The number of carbonyl (C=O) groups excluding carboxylic acids is 1. The minimum atomic E-state index is -1.79. The van der Waals surface area contributed by atoms with E-state index < -0.39 is 86.8 Å². The zero-order chi connectivity index (χ0) is 58.1. The summed E-state index contributed by atoms with van der Waals surface area (Å²) in [5.74, 6) is -0.250. The van der Waals surface area contributed by atoms with Crippen molar-refractivity contribution < 1.29 is 64.6 Å². The fourth-order valence-corrected chi connectivity index (χ4v) is 10.7. The van der Waals surface area contributed by atoms with E-state index >= 15 is 0 Å². The van der Waals surface area contributed by atoms with Gasteiger partial charge in [0.05, 0.1) is 32.0 Å². The van der Waals surface area contributed by atoms with Gasteiger partial charge >= 0.3 is 0 Å². The first kappa shape index (κ1) is 74.1. The summed E-state index contributed by atoms with van der Waals surface area (Å²) in [6.45, 7) is 2.79. The van der Waals surface area contributed by atoms with Gasteiger partial charge in [-0.2, -0.15) is 0 Å². The molecule has 1 amide bonds. The van der Waals surface area contributed by atoms with Crippen LogP contribution in [0.25, 0.3) is 0 Å². The Morgan fingerprint density at radius 3 is 1.23 bits per heavy atom. The fraction of sp³-hybridized carbons (Fsp3) is 0.864.